The normalized spacial score (nSPS) is 41.0. The molecule has 0 aromatic rings. The largest absolute Gasteiger partial charge is 0.463 e. The van der Waals surface area contributed by atoms with Crippen LogP contribution in [0.25, 0.3) is 0 Å². The summed E-state index contributed by atoms with van der Waals surface area (Å²) >= 11 is 1.54. The van der Waals surface area contributed by atoms with E-state index in [0.29, 0.717) is 24.7 Å². The maximum atomic E-state index is 12.9. The summed E-state index contributed by atoms with van der Waals surface area (Å²) in [5, 5.41) is 10.0. The maximum Gasteiger partial charge on any atom is 0.315 e. The Morgan fingerprint density at radius 3 is 2.78 bits per heavy atom. The molecule has 4 aliphatic rings. The molecule has 8 heteroatoms. The third-order valence-electron chi connectivity index (χ3n) is 7.33. The number of hydrogen-bond acceptors (Lipinski definition) is 7. The van der Waals surface area contributed by atoms with Gasteiger partial charge in [-0.1, -0.05) is 0 Å². The van der Waals surface area contributed by atoms with E-state index >= 15 is 0 Å². The number of halogens is 1. The van der Waals surface area contributed by atoms with Gasteiger partial charge in [0.25, 0.3) is 0 Å². The van der Waals surface area contributed by atoms with Gasteiger partial charge in [0, 0.05) is 19.3 Å². The molecule has 0 radical (unpaired) electrons. The van der Waals surface area contributed by atoms with Crippen LogP contribution in [0, 0.1) is 28.6 Å². The number of hydrogen-bond donors (Lipinski definition) is 1. The molecule has 7 atom stereocenters. The van der Waals surface area contributed by atoms with Gasteiger partial charge in [-0.2, -0.15) is 0 Å². The van der Waals surface area contributed by atoms with E-state index in [2.05, 4.69) is 3.07 Å². The van der Waals surface area contributed by atoms with Gasteiger partial charge in [-0.05, 0) is 55.8 Å². The molecule has 4 rings (SSSR count). The zero-order valence-electron chi connectivity index (χ0n) is 15.3. The monoisotopic (exact) mass is 492 g/mol. The van der Waals surface area contributed by atoms with E-state index in [4.69, 9.17) is 9.47 Å². The number of aliphatic hydroxyl groups is 1. The molecule has 0 heterocycles. The Kier molecular flexibility index (Phi) is 4.93. The van der Waals surface area contributed by atoms with Crippen LogP contribution in [0.2, 0.25) is 0 Å². The molecular formula is C19H25IO7. The van der Waals surface area contributed by atoms with Crippen LogP contribution in [0.15, 0.2) is 0 Å². The third-order valence-corrected chi connectivity index (χ3v) is 7.82. The van der Waals surface area contributed by atoms with E-state index in [0.717, 1.165) is 25.7 Å². The highest BCUT2D eigenvalue weighted by molar-refractivity contribution is 14.1. The summed E-state index contributed by atoms with van der Waals surface area (Å²) < 4.78 is 15.6. The first-order valence-corrected chi connectivity index (χ1v) is 10.5. The predicted molar refractivity (Wildman–Crippen MR) is 100 cm³/mol. The van der Waals surface area contributed by atoms with Gasteiger partial charge in [0.05, 0.1) is 11.5 Å². The van der Waals surface area contributed by atoms with Crippen molar-refractivity contribution < 1.29 is 32.0 Å². The minimum Gasteiger partial charge on any atom is -0.463 e. The zero-order valence-corrected chi connectivity index (χ0v) is 17.5. The van der Waals surface area contributed by atoms with E-state index in [9.17, 15) is 19.5 Å². The van der Waals surface area contributed by atoms with E-state index < -0.39 is 11.5 Å². The molecule has 150 valence electrons. The number of aliphatic hydroxyl groups excluding tert-OH is 1. The smallest absolute Gasteiger partial charge is 0.315 e. The summed E-state index contributed by atoms with van der Waals surface area (Å²) in [4.78, 5) is 35.4. The van der Waals surface area contributed by atoms with Crippen LogP contribution in [-0.2, 0) is 26.9 Å². The molecule has 1 spiro atoms. The number of rotatable bonds is 8. The molecule has 4 aliphatic carbocycles. The second-order valence-electron chi connectivity index (χ2n) is 8.80. The van der Waals surface area contributed by atoms with Crippen molar-refractivity contribution in [3.63, 3.8) is 0 Å². The fraction of sp³-hybridized carbons (Fsp3) is 0.842. The van der Waals surface area contributed by atoms with E-state index in [1.807, 2.05) is 0 Å². The molecule has 27 heavy (non-hydrogen) atoms. The van der Waals surface area contributed by atoms with Crippen molar-refractivity contribution in [2.45, 2.75) is 64.1 Å². The molecule has 0 aromatic heterocycles. The van der Waals surface area contributed by atoms with Crippen LogP contribution in [0.4, 0.5) is 0 Å². The second kappa shape index (κ2) is 6.86. The first-order chi connectivity index (χ1) is 12.8. The first-order valence-electron chi connectivity index (χ1n) is 9.66. The lowest BCUT2D eigenvalue weighted by molar-refractivity contribution is -0.179. The maximum absolute atomic E-state index is 12.9. The van der Waals surface area contributed by atoms with Crippen molar-refractivity contribution in [3.05, 3.63) is 0 Å². The minimum atomic E-state index is -0.773. The lowest BCUT2D eigenvalue weighted by Gasteiger charge is -2.51. The minimum absolute atomic E-state index is 0.0406. The molecule has 0 aliphatic heterocycles. The highest BCUT2D eigenvalue weighted by Gasteiger charge is 2.84. The van der Waals surface area contributed by atoms with Gasteiger partial charge in [0.2, 0.25) is 0 Å². The Morgan fingerprint density at radius 1 is 1.30 bits per heavy atom. The Bertz CT molecular complexity index is 666. The molecule has 0 aromatic carbocycles. The summed E-state index contributed by atoms with van der Waals surface area (Å²) in [6, 6.07) is 0. The van der Waals surface area contributed by atoms with Crippen LogP contribution < -0.4 is 0 Å². The van der Waals surface area contributed by atoms with Crippen molar-refractivity contribution >= 4 is 40.9 Å². The second-order valence-corrected chi connectivity index (χ2v) is 9.24. The average molecular weight is 492 g/mol. The lowest BCUT2D eigenvalue weighted by atomic mass is 9.52. The Hall–Kier alpha value is -0.900. The summed E-state index contributed by atoms with van der Waals surface area (Å²) in [5.41, 5.74) is -0.260. The number of carbonyl (C=O) groups excluding carboxylic acids is 3. The van der Waals surface area contributed by atoms with E-state index in [-0.39, 0.29) is 48.4 Å². The number of fused-ring (bicyclic) bond motifs is 1. The van der Waals surface area contributed by atoms with Crippen LogP contribution in [0.3, 0.4) is 0 Å². The third kappa shape index (κ3) is 3.07. The fourth-order valence-electron chi connectivity index (χ4n) is 6.35. The van der Waals surface area contributed by atoms with Crippen molar-refractivity contribution in [2.24, 2.45) is 28.6 Å². The van der Waals surface area contributed by atoms with Crippen LogP contribution in [0.1, 0.15) is 51.9 Å². The van der Waals surface area contributed by atoms with Gasteiger partial charge in [0.15, 0.2) is 23.0 Å². The number of carbonyl (C=O) groups is 3. The summed E-state index contributed by atoms with van der Waals surface area (Å²) in [6.07, 6.45) is 3.85. The zero-order chi connectivity index (χ0) is 19.4. The van der Waals surface area contributed by atoms with E-state index in [1.165, 1.54) is 29.9 Å². The quantitative estimate of drug-likeness (QED) is 0.410. The molecule has 7 unspecified atom stereocenters. The van der Waals surface area contributed by atoms with Crippen molar-refractivity contribution in [1.82, 2.24) is 0 Å². The molecule has 0 saturated heterocycles. The van der Waals surface area contributed by atoms with E-state index in [1.54, 1.807) is 0 Å². The van der Waals surface area contributed by atoms with Crippen LogP contribution >= 0.6 is 23.0 Å². The van der Waals surface area contributed by atoms with Crippen LogP contribution in [-0.4, -0.2) is 41.8 Å². The standard InChI is InChI=1S/C19H25IO7/c1-10(21)26-16-11-5-14-18(7-13(16)18)9-19(14,6-11)17(24)25-8-12(22)3-2-4-15(23)27-20/h11-14,16,22H,2-9H2,1H3. The highest BCUT2D eigenvalue weighted by atomic mass is 127. The predicted octanol–water partition coefficient (Wildman–Crippen LogP) is 2.32. The summed E-state index contributed by atoms with van der Waals surface area (Å²) in [5.74, 6) is 0.236. The SMILES string of the molecule is CC(=O)OC1C2CC3C(C(=O)OCC(O)CCCC(=O)OI)(C2)CC32CC12. The van der Waals surface area contributed by atoms with Gasteiger partial charge in [-0.3, -0.25) is 14.4 Å². The van der Waals surface area contributed by atoms with Crippen molar-refractivity contribution in [1.29, 1.82) is 0 Å². The van der Waals surface area contributed by atoms with Gasteiger partial charge < -0.3 is 17.6 Å². The topological polar surface area (TPSA) is 99.1 Å². The Labute approximate surface area is 172 Å². The molecule has 1 N–H and O–H groups in total. The van der Waals surface area contributed by atoms with Gasteiger partial charge in [0.1, 0.15) is 12.7 Å². The van der Waals surface area contributed by atoms with Gasteiger partial charge in [-0.15, -0.1) is 0 Å². The van der Waals surface area contributed by atoms with Crippen LogP contribution in [0.5, 0.6) is 0 Å². The molecule has 4 saturated carbocycles. The summed E-state index contributed by atoms with van der Waals surface area (Å²) in [6.45, 7) is 1.41. The average Bonchev–Trinajstić information content (AvgIpc) is 3.31. The Morgan fingerprint density at radius 2 is 2.07 bits per heavy atom. The molecule has 0 amide bonds. The molecule has 7 nitrogen and oxygen atoms in total. The van der Waals surface area contributed by atoms with Gasteiger partial charge >= 0.3 is 17.9 Å². The molecule has 2 bridgehead atoms. The number of esters is 2. The molecule has 4 fully saturated rings. The van der Waals surface area contributed by atoms with Crippen molar-refractivity contribution in [3.8, 4) is 0 Å². The summed E-state index contributed by atoms with van der Waals surface area (Å²) in [7, 11) is 0. The highest BCUT2D eigenvalue weighted by Crippen LogP contribution is 2.85. The van der Waals surface area contributed by atoms with Crippen molar-refractivity contribution in [2.75, 3.05) is 6.61 Å². The van der Waals surface area contributed by atoms with Gasteiger partial charge in [-0.25, -0.2) is 0 Å². The molecular weight excluding hydrogens is 467 g/mol. The lowest BCUT2D eigenvalue weighted by Crippen LogP contribution is -2.53. The first kappa shape index (κ1) is 19.4. The number of ether oxygens (including phenoxy) is 2. The Balaban J connectivity index is 1.30. The fourth-order valence-corrected chi connectivity index (χ4v) is 6.57.